The van der Waals surface area contributed by atoms with Gasteiger partial charge in [-0.2, -0.15) is 0 Å². The number of pyridine rings is 1. The number of aromatic nitrogens is 3. The minimum atomic E-state index is -0.110. The summed E-state index contributed by atoms with van der Waals surface area (Å²) in [4.78, 5) is 17.2. The van der Waals surface area contributed by atoms with Crippen molar-refractivity contribution >= 4 is 33.5 Å². The number of para-hydroxylation sites is 1. The van der Waals surface area contributed by atoms with Crippen molar-refractivity contribution < 1.29 is 4.79 Å². The molecule has 0 saturated heterocycles. The van der Waals surface area contributed by atoms with Crippen LogP contribution < -0.4 is 5.32 Å². The molecule has 0 bridgehead atoms. The second kappa shape index (κ2) is 5.98. The van der Waals surface area contributed by atoms with Gasteiger partial charge in [-0.3, -0.25) is 9.78 Å². The normalized spacial score (nSPS) is 14.1. The first-order valence-electron chi connectivity index (χ1n) is 9.42. The lowest BCUT2D eigenvalue weighted by Gasteiger charge is -2.07. The number of hydrogen-bond donors (Lipinski definition) is 1. The summed E-state index contributed by atoms with van der Waals surface area (Å²) in [5.41, 5.74) is 5.81. The van der Waals surface area contributed by atoms with Gasteiger partial charge < -0.3 is 14.5 Å². The number of fused-ring (bicyclic) bond motifs is 3. The fourth-order valence-electron chi connectivity index (χ4n) is 3.86. The second-order valence-corrected chi connectivity index (χ2v) is 7.54. The standard InChI is InChI=1S/C22H22N4O/c1-14-7-10-16(12-23-14)24-22(27)20-11-19-21(25(20)2)17-5-3-4-6-18(17)26(19)13-15-8-9-15/h3-7,10-12,15H,8-9,13H2,1-2H3,(H,24,27). The molecule has 0 aliphatic heterocycles. The second-order valence-electron chi connectivity index (χ2n) is 7.54. The Morgan fingerprint density at radius 1 is 1.19 bits per heavy atom. The third-order valence-corrected chi connectivity index (χ3v) is 5.49. The Hall–Kier alpha value is -3.08. The molecule has 1 fully saturated rings. The van der Waals surface area contributed by atoms with E-state index in [0.29, 0.717) is 11.4 Å². The van der Waals surface area contributed by atoms with E-state index in [1.807, 2.05) is 36.7 Å². The first-order valence-corrected chi connectivity index (χ1v) is 9.42. The van der Waals surface area contributed by atoms with Gasteiger partial charge in [-0.05, 0) is 49.9 Å². The van der Waals surface area contributed by atoms with Crippen LogP contribution in [0.25, 0.3) is 21.9 Å². The predicted molar refractivity (Wildman–Crippen MR) is 108 cm³/mol. The van der Waals surface area contributed by atoms with Gasteiger partial charge in [0.1, 0.15) is 5.69 Å². The Labute approximate surface area is 157 Å². The van der Waals surface area contributed by atoms with Gasteiger partial charge in [0.05, 0.1) is 28.4 Å². The average molecular weight is 358 g/mol. The van der Waals surface area contributed by atoms with E-state index in [4.69, 9.17) is 0 Å². The summed E-state index contributed by atoms with van der Waals surface area (Å²) in [5, 5.41) is 4.17. The van der Waals surface area contributed by atoms with Crippen LogP contribution in [-0.4, -0.2) is 20.0 Å². The predicted octanol–water partition coefficient (Wildman–Crippen LogP) is 4.50. The number of hydrogen-bond acceptors (Lipinski definition) is 2. The molecule has 5 heteroatoms. The lowest BCUT2D eigenvalue weighted by molar-refractivity contribution is 0.101. The maximum atomic E-state index is 12.9. The summed E-state index contributed by atoms with van der Waals surface area (Å²) >= 11 is 0. The molecule has 5 nitrogen and oxygen atoms in total. The number of carbonyl (C=O) groups excluding carboxylic acids is 1. The Balaban J connectivity index is 1.60. The number of aryl methyl sites for hydroxylation is 2. The summed E-state index contributed by atoms with van der Waals surface area (Å²) in [6.07, 6.45) is 4.29. The van der Waals surface area contributed by atoms with Gasteiger partial charge in [0.15, 0.2) is 0 Å². The fraction of sp³-hybridized carbons (Fsp3) is 0.273. The molecular weight excluding hydrogens is 336 g/mol. The van der Waals surface area contributed by atoms with E-state index in [0.717, 1.165) is 29.2 Å². The van der Waals surface area contributed by atoms with Crippen molar-refractivity contribution in [3.63, 3.8) is 0 Å². The Kier molecular flexibility index (Phi) is 3.57. The van der Waals surface area contributed by atoms with E-state index in [-0.39, 0.29) is 5.91 Å². The summed E-state index contributed by atoms with van der Waals surface area (Å²) in [6.45, 7) is 2.95. The van der Waals surface area contributed by atoms with Gasteiger partial charge in [-0.1, -0.05) is 18.2 Å². The van der Waals surface area contributed by atoms with Crippen molar-refractivity contribution in [2.75, 3.05) is 5.32 Å². The quantitative estimate of drug-likeness (QED) is 0.584. The molecule has 1 aliphatic carbocycles. The Bertz CT molecular complexity index is 1160. The molecule has 1 N–H and O–H groups in total. The number of amides is 1. The number of benzene rings is 1. The number of anilines is 1. The first kappa shape index (κ1) is 16.1. The molecule has 1 aromatic carbocycles. The third-order valence-electron chi connectivity index (χ3n) is 5.49. The van der Waals surface area contributed by atoms with Crippen LogP contribution >= 0.6 is 0 Å². The van der Waals surface area contributed by atoms with Gasteiger partial charge in [-0.15, -0.1) is 0 Å². The number of carbonyl (C=O) groups is 1. The van der Waals surface area contributed by atoms with Crippen molar-refractivity contribution in [2.24, 2.45) is 13.0 Å². The van der Waals surface area contributed by atoms with Crippen LogP contribution in [0.4, 0.5) is 5.69 Å². The smallest absolute Gasteiger partial charge is 0.272 e. The van der Waals surface area contributed by atoms with Crippen LogP contribution in [0.3, 0.4) is 0 Å². The van der Waals surface area contributed by atoms with Crippen molar-refractivity contribution in [2.45, 2.75) is 26.3 Å². The fourth-order valence-corrected chi connectivity index (χ4v) is 3.86. The zero-order chi connectivity index (χ0) is 18.5. The molecule has 3 heterocycles. The van der Waals surface area contributed by atoms with Crippen molar-refractivity contribution in [3.05, 3.63) is 60.0 Å². The molecule has 0 radical (unpaired) electrons. The third kappa shape index (κ3) is 2.70. The molecule has 1 saturated carbocycles. The lowest BCUT2D eigenvalue weighted by atomic mass is 10.2. The van der Waals surface area contributed by atoms with E-state index in [2.05, 4.69) is 39.1 Å². The monoisotopic (exact) mass is 358 g/mol. The molecule has 27 heavy (non-hydrogen) atoms. The van der Waals surface area contributed by atoms with E-state index >= 15 is 0 Å². The molecule has 0 atom stereocenters. The summed E-state index contributed by atoms with van der Waals surface area (Å²) in [5.74, 6) is 0.654. The first-order chi connectivity index (χ1) is 13.1. The van der Waals surface area contributed by atoms with Crippen LogP contribution in [0.15, 0.2) is 48.7 Å². The van der Waals surface area contributed by atoms with Gasteiger partial charge in [0.2, 0.25) is 0 Å². The topological polar surface area (TPSA) is 51.9 Å². The minimum absolute atomic E-state index is 0.110. The van der Waals surface area contributed by atoms with E-state index < -0.39 is 0 Å². The SMILES string of the molecule is Cc1ccc(NC(=O)c2cc3c(c4ccccc4n3CC3CC3)n2C)cn1. The molecule has 0 spiro atoms. The molecule has 3 aromatic heterocycles. The maximum Gasteiger partial charge on any atom is 0.272 e. The van der Waals surface area contributed by atoms with Crippen molar-refractivity contribution in [1.29, 1.82) is 0 Å². The summed E-state index contributed by atoms with van der Waals surface area (Å²) in [7, 11) is 1.97. The highest BCUT2D eigenvalue weighted by molar-refractivity contribution is 6.12. The van der Waals surface area contributed by atoms with E-state index in [1.54, 1.807) is 6.20 Å². The minimum Gasteiger partial charge on any atom is -0.339 e. The van der Waals surface area contributed by atoms with Crippen LogP contribution in [0, 0.1) is 12.8 Å². The van der Waals surface area contributed by atoms with E-state index in [9.17, 15) is 4.79 Å². The highest BCUT2D eigenvalue weighted by atomic mass is 16.1. The average Bonchev–Trinajstić information content (AvgIpc) is 3.35. The zero-order valence-electron chi connectivity index (χ0n) is 15.6. The van der Waals surface area contributed by atoms with Gasteiger partial charge in [0, 0.05) is 24.7 Å². The van der Waals surface area contributed by atoms with Crippen LogP contribution in [0.1, 0.15) is 29.0 Å². The largest absolute Gasteiger partial charge is 0.339 e. The Morgan fingerprint density at radius 2 is 2.00 bits per heavy atom. The zero-order valence-corrected chi connectivity index (χ0v) is 15.6. The lowest BCUT2D eigenvalue weighted by Crippen LogP contribution is -2.15. The molecule has 1 aliphatic rings. The van der Waals surface area contributed by atoms with Gasteiger partial charge in [0.25, 0.3) is 5.91 Å². The Morgan fingerprint density at radius 3 is 2.74 bits per heavy atom. The van der Waals surface area contributed by atoms with Crippen molar-refractivity contribution in [3.8, 4) is 0 Å². The molecular formula is C22H22N4O. The molecule has 5 rings (SSSR count). The van der Waals surface area contributed by atoms with Gasteiger partial charge in [-0.25, -0.2) is 0 Å². The summed E-state index contributed by atoms with van der Waals surface area (Å²) < 4.78 is 4.39. The molecule has 136 valence electrons. The number of nitrogens with zero attached hydrogens (tertiary/aromatic N) is 3. The number of nitrogens with one attached hydrogen (secondary N) is 1. The number of rotatable bonds is 4. The van der Waals surface area contributed by atoms with Crippen molar-refractivity contribution in [1.82, 2.24) is 14.1 Å². The highest BCUT2D eigenvalue weighted by Gasteiger charge is 2.26. The maximum absolute atomic E-state index is 12.9. The van der Waals surface area contributed by atoms with Crippen LogP contribution in [-0.2, 0) is 13.6 Å². The van der Waals surface area contributed by atoms with Gasteiger partial charge >= 0.3 is 0 Å². The van der Waals surface area contributed by atoms with E-state index in [1.165, 1.54) is 23.7 Å². The summed E-state index contributed by atoms with van der Waals surface area (Å²) in [6, 6.07) is 14.3. The van der Waals surface area contributed by atoms with Crippen LogP contribution in [0.2, 0.25) is 0 Å². The molecule has 0 unspecified atom stereocenters. The highest BCUT2D eigenvalue weighted by Crippen LogP contribution is 2.36. The molecule has 4 aromatic rings. The molecule has 1 amide bonds. The van der Waals surface area contributed by atoms with Crippen LogP contribution in [0.5, 0.6) is 0 Å².